The van der Waals surface area contributed by atoms with Crippen LogP contribution in [0.5, 0.6) is 0 Å². The SMILES string of the molecule is CCCCC/C=C/N. The van der Waals surface area contributed by atoms with Gasteiger partial charge in [0.05, 0.1) is 0 Å². The fourth-order valence-electron chi connectivity index (χ4n) is 0.608. The second-order valence-corrected chi connectivity index (χ2v) is 1.92. The first-order valence-electron chi connectivity index (χ1n) is 3.28. The Balaban J connectivity index is 2.72. The fourth-order valence-corrected chi connectivity index (χ4v) is 0.608. The number of unbranched alkanes of at least 4 members (excludes halogenated alkanes) is 3. The van der Waals surface area contributed by atoms with Crippen molar-refractivity contribution in [1.82, 2.24) is 0 Å². The van der Waals surface area contributed by atoms with Gasteiger partial charge in [0.25, 0.3) is 0 Å². The van der Waals surface area contributed by atoms with E-state index >= 15 is 0 Å². The minimum absolute atomic E-state index is 1.14. The zero-order valence-electron chi connectivity index (χ0n) is 5.56. The van der Waals surface area contributed by atoms with E-state index in [-0.39, 0.29) is 0 Å². The summed E-state index contributed by atoms with van der Waals surface area (Å²) >= 11 is 0. The molecule has 2 N–H and O–H groups in total. The Morgan fingerprint density at radius 2 is 2.12 bits per heavy atom. The first kappa shape index (κ1) is 7.54. The molecule has 1 heteroatoms. The molecule has 0 bridgehead atoms. The van der Waals surface area contributed by atoms with Crippen molar-refractivity contribution in [3.05, 3.63) is 12.3 Å². The molecule has 48 valence electrons. The average Bonchev–Trinajstić information content (AvgIpc) is 1.81. The number of hydrogen-bond donors (Lipinski definition) is 1. The number of allylic oxidation sites excluding steroid dienone is 1. The van der Waals surface area contributed by atoms with Crippen molar-refractivity contribution >= 4 is 0 Å². The van der Waals surface area contributed by atoms with Crippen molar-refractivity contribution in [3.63, 3.8) is 0 Å². The van der Waals surface area contributed by atoms with Crippen LogP contribution in [0.25, 0.3) is 0 Å². The minimum Gasteiger partial charge on any atom is -0.405 e. The highest BCUT2D eigenvalue weighted by molar-refractivity contribution is 4.74. The highest BCUT2D eigenvalue weighted by Crippen LogP contribution is 1.97. The van der Waals surface area contributed by atoms with Crippen LogP contribution in [-0.4, -0.2) is 0 Å². The van der Waals surface area contributed by atoms with Gasteiger partial charge in [-0.05, 0) is 19.0 Å². The van der Waals surface area contributed by atoms with E-state index in [1.165, 1.54) is 19.3 Å². The first-order valence-corrected chi connectivity index (χ1v) is 3.28. The third kappa shape index (κ3) is 5.54. The molecule has 0 rings (SSSR count). The van der Waals surface area contributed by atoms with Crippen LogP contribution in [0.4, 0.5) is 0 Å². The quantitative estimate of drug-likeness (QED) is 0.555. The molecule has 1 nitrogen and oxygen atoms in total. The fraction of sp³-hybridized carbons (Fsp3) is 0.714. The summed E-state index contributed by atoms with van der Waals surface area (Å²) in [6.07, 6.45) is 8.67. The monoisotopic (exact) mass is 113 g/mol. The van der Waals surface area contributed by atoms with Crippen molar-refractivity contribution in [1.29, 1.82) is 0 Å². The van der Waals surface area contributed by atoms with Crippen LogP contribution in [-0.2, 0) is 0 Å². The summed E-state index contributed by atoms with van der Waals surface area (Å²) in [6.45, 7) is 2.20. The van der Waals surface area contributed by atoms with Gasteiger partial charge in [0, 0.05) is 0 Å². The highest BCUT2D eigenvalue weighted by Gasteiger charge is 1.78. The van der Waals surface area contributed by atoms with Gasteiger partial charge in [-0.2, -0.15) is 0 Å². The van der Waals surface area contributed by atoms with Crippen molar-refractivity contribution < 1.29 is 0 Å². The van der Waals surface area contributed by atoms with Crippen LogP contribution in [0.1, 0.15) is 32.6 Å². The first-order chi connectivity index (χ1) is 3.91. The Bertz CT molecular complexity index is 57.4. The molecule has 0 saturated heterocycles. The molecule has 0 spiro atoms. The maximum Gasteiger partial charge on any atom is -0.0103 e. The van der Waals surface area contributed by atoms with Crippen molar-refractivity contribution in [2.75, 3.05) is 0 Å². The molecule has 0 aromatic carbocycles. The molecule has 0 radical (unpaired) electrons. The molecule has 0 heterocycles. The highest BCUT2D eigenvalue weighted by atomic mass is 14.5. The van der Waals surface area contributed by atoms with Gasteiger partial charge in [-0.15, -0.1) is 0 Å². The lowest BCUT2D eigenvalue weighted by atomic mass is 10.2. The molecule has 0 aromatic heterocycles. The van der Waals surface area contributed by atoms with Gasteiger partial charge in [0.1, 0.15) is 0 Å². The van der Waals surface area contributed by atoms with Gasteiger partial charge in [0.2, 0.25) is 0 Å². The van der Waals surface area contributed by atoms with Crippen LogP contribution in [0.15, 0.2) is 12.3 Å². The van der Waals surface area contributed by atoms with E-state index in [1.54, 1.807) is 6.20 Å². The lowest BCUT2D eigenvalue weighted by Crippen LogP contribution is -1.76. The molecule has 8 heavy (non-hydrogen) atoms. The van der Waals surface area contributed by atoms with Crippen LogP contribution in [0.3, 0.4) is 0 Å². The van der Waals surface area contributed by atoms with Crippen LogP contribution >= 0.6 is 0 Å². The third-order valence-electron chi connectivity index (χ3n) is 1.11. The summed E-state index contributed by atoms with van der Waals surface area (Å²) in [5.74, 6) is 0. The van der Waals surface area contributed by atoms with E-state index in [0.717, 1.165) is 6.42 Å². The zero-order valence-corrected chi connectivity index (χ0v) is 5.56. The average molecular weight is 113 g/mol. The van der Waals surface area contributed by atoms with E-state index < -0.39 is 0 Å². The van der Waals surface area contributed by atoms with E-state index in [2.05, 4.69) is 6.92 Å². The predicted octanol–water partition coefficient (Wildman–Crippen LogP) is 2.04. The van der Waals surface area contributed by atoms with Crippen molar-refractivity contribution in [2.45, 2.75) is 32.6 Å². The Morgan fingerprint density at radius 3 is 2.62 bits per heavy atom. The minimum atomic E-state index is 1.14. The zero-order chi connectivity index (χ0) is 6.24. The molecule has 0 aliphatic heterocycles. The Hall–Kier alpha value is -0.460. The second kappa shape index (κ2) is 6.54. The lowest BCUT2D eigenvalue weighted by Gasteiger charge is -1.88. The summed E-state index contributed by atoms with van der Waals surface area (Å²) in [6, 6.07) is 0. The number of nitrogens with two attached hydrogens (primary N) is 1. The van der Waals surface area contributed by atoms with E-state index in [9.17, 15) is 0 Å². The molecule has 0 fully saturated rings. The van der Waals surface area contributed by atoms with Gasteiger partial charge in [-0.25, -0.2) is 0 Å². The van der Waals surface area contributed by atoms with Gasteiger partial charge in [-0.3, -0.25) is 0 Å². The van der Waals surface area contributed by atoms with Crippen LogP contribution in [0, 0.1) is 0 Å². The van der Waals surface area contributed by atoms with Gasteiger partial charge in [0.15, 0.2) is 0 Å². The summed E-state index contributed by atoms with van der Waals surface area (Å²) < 4.78 is 0. The summed E-state index contributed by atoms with van der Waals surface area (Å²) in [5.41, 5.74) is 5.13. The van der Waals surface area contributed by atoms with Crippen LogP contribution < -0.4 is 5.73 Å². The Morgan fingerprint density at radius 1 is 1.38 bits per heavy atom. The standard InChI is InChI=1S/C7H15N/c1-2-3-4-5-6-7-8/h6-7H,2-5,8H2,1H3/b7-6+. The second-order valence-electron chi connectivity index (χ2n) is 1.92. The summed E-state index contributed by atoms with van der Waals surface area (Å²) in [4.78, 5) is 0. The molecule has 0 aliphatic rings. The van der Waals surface area contributed by atoms with Crippen LogP contribution in [0.2, 0.25) is 0 Å². The number of rotatable bonds is 4. The normalized spacial score (nSPS) is 10.6. The molecule has 0 saturated carbocycles. The van der Waals surface area contributed by atoms with E-state index in [4.69, 9.17) is 5.73 Å². The van der Waals surface area contributed by atoms with Gasteiger partial charge in [-0.1, -0.05) is 25.8 Å². The molecule has 0 amide bonds. The van der Waals surface area contributed by atoms with E-state index in [0.29, 0.717) is 0 Å². The van der Waals surface area contributed by atoms with Gasteiger partial charge < -0.3 is 5.73 Å². The maximum atomic E-state index is 5.13. The lowest BCUT2D eigenvalue weighted by molar-refractivity contribution is 0.729. The summed E-state index contributed by atoms with van der Waals surface area (Å²) in [5, 5.41) is 0. The Kier molecular flexibility index (Phi) is 6.16. The van der Waals surface area contributed by atoms with E-state index in [1.807, 2.05) is 6.08 Å². The topological polar surface area (TPSA) is 26.0 Å². The maximum absolute atomic E-state index is 5.13. The number of hydrogen-bond acceptors (Lipinski definition) is 1. The summed E-state index contributed by atoms with van der Waals surface area (Å²) in [7, 11) is 0. The van der Waals surface area contributed by atoms with Crippen molar-refractivity contribution in [2.24, 2.45) is 5.73 Å². The molecule has 0 atom stereocenters. The molecular weight excluding hydrogens is 98.1 g/mol. The van der Waals surface area contributed by atoms with Crippen molar-refractivity contribution in [3.8, 4) is 0 Å². The molecule has 0 aromatic rings. The molecule has 0 aliphatic carbocycles. The third-order valence-corrected chi connectivity index (χ3v) is 1.11. The Labute approximate surface area is 51.6 Å². The predicted molar refractivity (Wildman–Crippen MR) is 37.5 cm³/mol. The smallest absolute Gasteiger partial charge is 0.0103 e. The molecular formula is C7H15N. The van der Waals surface area contributed by atoms with Gasteiger partial charge >= 0.3 is 0 Å². The largest absolute Gasteiger partial charge is 0.405 e. The molecule has 0 unspecified atom stereocenters.